The third-order valence-corrected chi connectivity index (χ3v) is 10.8. The lowest BCUT2D eigenvalue weighted by atomic mass is 9.95. The standard InChI is InChI=1S/C54H46F10N2O6/c55-51(56,57)29-1-3-35-9-21-45(22-10-35)71-53(61,62)41-15-5-37(6-16-41)13-27-49(67)69-33-39-31-43(65)19-25-47(39)48-26-20-44(66)32-40(48)34-70-50(68)28-14-38-7-17-42(18-8-38)54(63,64)72-46-23-11-36(12-24-46)4-2-30-52(58,59)60/h5-28,31-32H,1-4,29-30,33-34,65-66H2/b27-13+,28-14+. The number of rotatable bonds is 21. The molecule has 0 saturated carbocycles. The van der Waals surface area contributed by atoms with Crippen molar-refractivity contribution in [2.75, 3.05) is 11.5 Å². The third kappa shape index (κ3) is 16.7. The van der Waals surface area contributed by atoms with Crippen LogP contribution in [-0.4, -0.2) is 24.3 Å². The molecule has 0 spiro atoms. The van der Waals surface area contributed by atoms with Crippen LogP contribution in [0.15, 0.2) is 146 Å². The van der Waals surface area contributed by atoms with Gasteiger partial charge in [-0.2, -0.15) is 43.9 Å². The molecule has 72 heavy (non-hydrogen) atoms. The SMILES string of the molecule is Nc1ccc(-c2ccc(N)cc2COC(=O)/C=C/c2ccc(C(F)(F)Oc3ccc(CCCC(F)(F)F)cc3)cc2)c(COC(=O)/C=C/c2ccc(C(F)(F)Oc3ccc(CCCC(F)(F)F)cc3)cc2)c1. The van der Waals surface area contributed by atoms with Crippen LogP contribution in [0.4, 0.5) is 55.3 Å². The molecule has 0 bridgehead atoms. The molecule has 0 radical (unpaired) electrons. The van der Waals surface area contributed by atoms with Crippen molar-refractivity contribution in [1.29, 1.82) is 0 Å². The van der Waals surface area contributed by atoms with Crippen LogP contribution in [0.25, 0.3) is 23.3 Å². The second-order valence-corrected chi connectivity index (χ2v) is 16.4. The second kappa shape index (κ2) is 23.4. The maximum atomic E-state index is 15.0. The molecule has 0 saturated heterocycles. The van der Waals surface area contributed by atoms with Crippen LogP contribution in [0.3, 0.4) is 0 Å². The van der Waals surface area contributed by atoms with E-state index < -0.39 is 60.5 Å². The number of carbonyl (C=O) groups is 2. The topological polar surface area (TPSA) is 123 Å². The summed E-state index contributed by atoms with van der Waals surface area (Å²) in [4.78, 5) is 25.7. The summed E-state index contributed by atoms with van der Waals surface area (Å²) in [7, 11) is 0. The van der Waals surface area contributed by atoms with Gasteiger partial charge in [0.05, 0.1) is 11.1 Å². The summed E-state index contributed by atoms with van der Waals surface area (Å²) in [6.45, 7) is -0.512. The molecule has 0 aromatic heterocycles. The first-order valence-electron chi connectivity index (χ1n) is 22.1. The molecule has 0 unspecified atom stereocenters. The Morgan fingerprint density at radius 3 is 1.14 bits per heavy atom. The van der Waals surface area contributed by atoms with Crippen molar-refractivity contribution < 1.29 is 72.4 Å². The molecule has 0 aliphatic carbocycles. The summed E-state index contributed by atoms with van der Waals surface area (Å²) in [5.41, 5.74) is 15.8. The predicted octanol–water partition coefficient (Wildman–Crippen LogP) is 14.1. The maximum Gasteiger partial charge on any atom is 0.426 e. The summed E-state index contributed by atoms with van der Waals surface area (Å²) in [5, 5.41) is 0. The largest absolute Gasteiger partial charge is 0.458 e. The van der Waals surface area contributed by atoms with Crippen molar-refractivity contribution in [3.63, 3.8) is 0 Å². The number of hydrogen-bond acceptors (Lipinski definition) is 8. The Hall–Kier alpha value is -7.76. The zero-order valence-electron chi connectivity index (χ0n) is 38.1. The lowest BCUT2D eigenvalue weighted by molar-refractivity contribution is -0.186. The quantitative estimate of drug-likeness (QED) is 0.0316. The molecule has 0 fully saturated rings. The maximum absolute atomic E-state index is 15.0. The molecule has 8 nitrogen and oxygen atoms in total. The van der Waals surface area contributed by atoms with Crippen molar-refractivity contribution in [2.45, 2.75) is 76.3 Å². The van der Waals surface area contributed by atoms with Gasteiger partial charge in [-0.15, -0.1) is 0 Å². The van der Waals surface area contributed by atoms with E-state index in [0.29, 0.717) is 55.9 Å². The van der Waals surface area contributed by atoms with E-state index in [9.17, 15) is 53.5 Å². The number of nitrogen functional groups attached to an aromatic ring is 2. The van der Waals surface area contributed by atoms with Gasteiger partial charge in [0.25, 0.3) is 0 Å². The molecule has 6 rings (SSSR count). The number of carbonyl (C=O) groups excluding carboxylic acids is 2. The minimum absolute atomic E-state index is 0.124. The van der Waals surface area contributed by atoms with E-state index in [-0.39, 0.29) is 50.4 Å². The van der Waals surface area contributed by atoms with Crippen molar-refractivity contribution >= 4 is 35.5 Å². The average molecular weight is 1010 g/mol. The predicted molar refractivity (Wildman–Crippen MR) is 251 cm³/mol. The fraction of sp³-hybridized carbons (Fsp3) is 0.222. The van der Waals surface area contributed by atoms with E-state index in [4.69, 9.17) is 30.4 Å². The van der Waals surface area contributed by atoms with Crippen LogP contribution in [-0.2, 0) is 57.3 Å². The number of ether oxygens (including phenoxy) is 4. The van der Waals surface area contributed by atoms with Gasteiger partial charge in [0.1, 0.15) is 24.7 Å². The first kappa shape index (κ1) is 53.6. The van der Waals surface area contributed by atoms with E-state index in [0.717, 1.165) is 36.4 Å². The molecule has 6 aromatic rings. The Morgan fingerprint density at radius 2 is 0.806 bits per heavy atom. The first-order valence-corrected chi connectivity index (χ1v) is 22.1. The molecule has 378 valence electrons. The summed E-state index contributed by atoms with van der Waals surface area (Å²) in [6.07, 6.45) is -13.1. The summed E-state index contributed by atoms with van der Waals surface area (Å²) < 4.78 is 155. The van der Waals surface area contributed by atoms with E-state index in [1.54, 1.807) is 36.4 Å². The highest BCUT2D eigenvalue weighted by molar-refractivity contribution is 5.88. The number of hydrogen-bond donors (Lipinski definition) is 2. The van der Waals surface area contributed by atoms with Gasteiger partial charge in [-0.3, -0.25) is 0 Å². The molecule has 0 aliphatic rings. The summed E-state index contributed by atoms with van der Waals surface area (Å²) >= 11 is 0. The summed E-state index contributed by atoms with van der Waals surface area (Å²) in [5.74, 6) is -1.92. The lowest BCUT2D eigenvalue weighted by Crippen LogP contribution is -2.21. The zero-order valence-corrected chi connectivity index (χ0v) is 38.1. The highest BCUT2D eigenvalue weighted by Gasteiger charge is 2.36. The Kier molecular flexibility index (Phi) is 17.4. The average Bonchev–Trinajstić information content (AvgIpc) is 3.32. The molecular formula is C54H46F10N2O6. The monoisotopic (exact) mass is 1010 g/mol. The van der Waals surface area contributed by atoms with Crippen LogP contribution < -0.4 is 20.9 Å². The zero-order chi connectivity index (χ0) is 52.1. The van der Waals surface area contributed by atoms with Gasteiger partial charge in [-0.25, -0.2) is 9.59 Å². The van der Waals surface area contributed by atoms with E-state index in [2.05, 4.69) is 0 Å². The number of anilines is 2. The number of aryl methyl sites for hydroxylation is 2. The molecule has 0 amide bonds. The first-order chi connectivity index (χ1) is 34.0. The Morgan fingerprint density at radius 1 is 0.458 bits per heavy atom. The smallest absolute Gasteiger partial charge is 0.426 e. The highest BCUT2D eigenvalue weighted by atomic mass is 19.4. The minimum atomic E-state index is -4.28. The fourth-order valence-electron chi connectivity index (χ4n) is 7.14. The number of benzene rings is 6. The van der Waals surface area contributed by atoms with Gasteiger partial charge in [0.15, 0.2) is 0 Å². The number of halogens is 10. The van der Waals surface area contributed by atoms with Crippen LogP contribution in [0.1, 0.15) is 70.2 Å². The Balaban J connectivity index is 1.01. The van der Waals surface area contributed by atoms with E-state index >= 15 is 0 Å². The number of nitrogens with two attached hydrogens (primary N) is 2. The Labute approximate surface area is 407 Å². The van der Waals surface area contributed by atoms with Gasteiger partial charge in [0.2, 0.25) is 0 Å². The molecule has 18 heteroatoms. The van der Waals surface area contributed by atoms with Crippen LogP contribution in [0, 0.1) is 0 Å². The molecule has 6 aromatic carbocycles. The van der Waals surface area contributed by atoms with Crippen molar-refractivity contribution in [2.24, 2.45) is 0 Å². The van der Waals surface area contributed by atoms with Gasteiger partial charge in [-0.1, -0.05) is 60.7 Å². The van der Waals surface area contributed by atoms with Crippen LogP contribution in [0.2, 0.25) is 0 Å². The Bertz CT molecular complexity index is 2630. The van der Waals surface area contributed by atoms with E-state index in [1.807, 2.05) is 0 Å². The van der Waals surface area contributed by atoms with Gasteiger partial charge >= 0.3 is 36.5 Å². The van der Waals surface area contributed by atoms with Gasteiger partial charge in [0, 0.05) is 36.4 Å². The lowest BCUT2D eigenvalue weighted by Gasteiger charge is -2.18. The van der Waals surface area contributed by atoms with Crippen LogP contribution >= 0.6 is 0 Å². The normalized spacial score (nSPS) is 12.3. The van der Waals surface area contributed by atoms with Gasteiger partial charge < -0.3 is 30.4 Å². The highest BCUT2D eigenvalue weighted by Crippen LogP contribution is 2.35. The molecule has 0 atom stereocenters. The number of esters is 2. The molecule has 4 N–H and O–H groups in total. The number of alkyl halides is 10. The second-order valence-electron chi connectivity index (χ2n) is 16.4. The fourth-order valence-corrected chi connectivity index (χ4v) is 7.14. The van der Waals surface area contributed by atoms with Crippen LogP contribution in [0.5, 0.6) is 11.5 Å². The van der Waals surface area contributed by atoms with Crippen molar-refractivity contribution in [3.8, 4) is 22.6 Å². The minimum Gasteiger partial charge on any atom is -0.458 e. The third-order valence-electron chi connectivity index (χ3n) is 10.8. The van der Waals surface area contributed by atoms with Crippen molar-refractivity contribution in [1.82, 2.24) is 0 Å². The van der Waals surface area contributed by atoms with E-state index in [1.165, 1.54) is 84.9 Å². The van der Waals surface area contributed by atoms with Crippen molar-refractivity contribution in [3.05, 3.63) is 190 Å². The molecule has 0 aliphatic heterocycles. The van der Waals surface area contributed by atoms with Gasteiger partial charge in [-0.05, 0) is 155 Å². The molecule has 0 heterocycles. The molecular weight excluding hydrogens is 963 g/mol. The summed E-state index contributed by atoms with van der Waals surface area (Å²) in [6, 6.07) is 30.3.